The minimum atomic E-state index is 0.427. The molecule has 0 saturated carbocycles. The molecular formula is C15H25NO. The summed E-state index contributed by atoms with van der Waals surface area (Å²) in [4.78, 5) is 0. The van der Waals surface area contributed by atoms with Crippen LogP contribution in [0.3, 0.4) is 0 Å². The molecule has 17 heavy (non-hydrogen) atoms. The first-order valence-electron chi connectivity index (χ1n) is 6.48. The van der Waals surface area contributed by atoms with Crippen LogP contribution in [0.4, 0.5) is 0 Å². The monoisotopic (exact) mass is 235 g/mol. The van der Waals surface area contributed by atoms with Crippen LogP contribution in [0.1, 0.15) is 37.4 Å². The van der Waals surface area contributed by atoms with Crippen molar-refractivity contribution in [1.82, 2.24) is 5.32 Å². The van der Waals surface area contributed by atoms with Gasteiger partial charge in [0.1, 0.15) is 0 Å². The lowest BCUT2D eigenvalue weighted by atomic mass is 9.89. The fraction of sp³-hybridized carbons (Fsp3) is 0.600. The van der Waals surface area contributed by atoms with Crippen LogP contribution in [0.5, 0.6) is 0 Å². The van der Waals surface area contributed by atoms with Gasteiger partial charge in [0.25, 0.3) is 0 Å². The fourth-order valence-corrected chi connectivity index (χ4v) is 2.24. The summed E-state index contributed by atoms with van der Waals surface area (Å²) in [6.45, 7) is 8.46. The van der Waals surface area contributed by atoms with Crippen molar-refractivity contribution in [2.45, 2.75) is 33.2 Å². The molecule has 0 radical (unpaired) electrons. The quantitative estimate of drug-likeness (QED) is 0.783. The predicted molar refractivity (Wildman–Crippen MR) is 73.3 cm³/mol. The van der Waals surface area contributed by atoms with Crippen LogP contribution in [0, 0.1) is 12.8 Å². The van der Waals surface area contributed by atoms with Gasteiger partial charge in [0.2, 0.25) is 0 Å². The fourth-order valence-electron chi connectivity index (χ4n) is 2.24. The van der Waals surface area contributed by atoms with Crippen LogP contribution in [-0.4, -0.2) is 20.3 Å². The molecule has 2 unspecified atom stereocenters. The first kappa shape index (κ1) is 14.2. The Hall–Kier alpha value is -0.860. The molecule has 96 valence electrons. The largest absolute Gasteiger partial charge is 0.385 e. The van der Waals surface area contributed by atoms with Crippen LogP contribution in [0.25, 0.3) is 0 Å². The van der Waals surface area contributed by atoms with Crippen LogP contribution < -0.4 is 5.32 Å². The topological polar surface area (TPSA) is 21.3 Å². The van der Waals surface area contributed by atoms with E-state index >= 15 is 0 Å². The summed E-state index contributed by atoms with van der Waals surface area (Å²) < 4.78 is 5.18. The van der Waals surface area contributed by atoms with Gasteiger partial charge in [0, 0.05) is 19.8 Å². The lowest BCUT2D eigenvalue weighted by Gasteiger charge is -2.26. The van der Waals surface area contributed by atoms with Gasteiger partial charge in [-0.3, -0.25) is 0 Å². The molecular weight excluding hydrogens is 210 g/mol. The summed E-state index contributed by atoms with van der Waals surface area (Å²) >= 11 is 0. The van der Waals surface area contributed by atoms with Gasteiger partial charge in [-0.25, -0.2) is 0 Å². The molecule has 0 aliphatic carbocycles. The summed E-state index contributed by atoms with van der Waals surface area (Å²) in [6, 6.07) is 9.06. The minimum Gasteiger partial charge on any atom is -0.385 e. The molecule has 0 aliphatic heterocycles. The summed E-state index contributed by atoms with van der Waals surface area (Å²) in [5.74, 6) is 0.580. The molecule has 0 saturated heterocycles. The molecule has 0 bridgehead atoms. The van der Waals surface area contributed by atoms with E-state index in [0.717, 1.165) is 19.6 Å². The lowest BCUT2D eigenvalue weighted by Crippen LogP contribution is -2.28. The summed E-state index contributed by atoms with van der Waals surface area (Å²) in [7, 11) is 1.77. The van der Waals surface area contributed by atoms with Crippen molar-refractivity contribution in [3.05, 3.63) is 35.4 Å². The van der Waals surface area contributed by atoms with Crippen molar-refractivity contribution < 1.29 is 4.74 Å². The molecule has 0 amide bonds. The van der Waals surface area contributed by atoms with Crippen molar-refractivity contribution >= 4 is 0 Å². The third-order valence-corrected chi connectivity index (χ3v) is 3.29. The average molecular weight is 235 g/mol. The number of nitrogens with one attached hydrogen (secondary N) is 1. The van der Waals surface area contributed by atoms with Crippen molar-refractivity contribution in [2.75, 3.05) is 20.3 Å². The zero-order valence-electron chi connectivity index (χ0n) is 11.5. The number of rotatable bonds is 7. The molecule has 1 N–H and O–H groups in total. The molecule has 0 fully saturated rings. The maximum atomic E-state index is 5.18. The Kier molecular flexibility index (Phi) is 6.23. The van der Waals surface area contributed by atoms with Gasteiger partial charge < -0.3 is 10.1 Å². The van der Waals surface area contributed by atoms with Crippen LogP contribution in [0.2, 0.25) is 0 Å². The smallest absolute Gasteiger partial charge is 0.0465 e. The highest BCUT2D eigenvalue weighted by Gasteiger charge is 2.19. The van der Waals surface area contributed by atoms with Gasteiger partial charge in [-0.15, -0.1) is 0 Å². The number of hydrogen-bond acceptors (Lipinski definition) is 2. The van der Waals surface area contributed by atoms with Crippen molar-refractivity contribution in [2.24, 2.45) is 5.92 Å². The van der Waals surface area contributed by atoms with E-state index in [0.29, 0.717) is 12.0 Å². The van der Waals surface area contributed by atoms with Gasteiger partial charge in [0.05, 0.1) is 0 Å². The van der Waals surface area contributed by atoms with Gasteiger partial charge >= 0.3 is 0 Å². The predicted octanol–water partition coefficient (Wildman–Crippen LogP) is 3.32. The first-order valence-corrected chi connectivity index (χ1v) is 6.48. The normalized spacial score (nSPS) is 14.6. The highest BCUT2D eigenvalue weighted by molar-refractivity contribution is 5.29. The maximum absolute atomic E-state index is 5.18. The average Bonchev–Trinajstić information content (AvgIpc) is 2.34. The summed E-state index contributed by atoms with van der Waals surface area (Å²) in [6.07, 6.45) is 1.09. The van der Waals surface area contributed by atoms with Crippen molar-refractivity contribution in [3.8, 4) is 0 Å². The molecule has 1 aromatic carbocycles. The van der Waals surface area contributed by atoms with Crippen molar-refractivity contribution in [3.63, 3.8) is 0 Å². The standard InChI is InChI=1S/C15H25NO/c1-5-16-15(13(3)10-11-17-4)14-9-7-6-8-12(14)2/h6-9,13,15-16H,5,10-11H2,1-4H3. The van der Waals surface area contributed by atoms with E-state index in [9.17, 15) is 0 Å². The molecule has 1 rings (SSSR count). The van der Waals surface area contributed by atoms with E-state index in [4.69, 9.17) is 4.74 Å². The molecule has 2 heteroatoms. The van der Waals surface area contributed by atoms with E-state index in [2.05, 4.69) is 50.4 Å². The van der Waals surface area contributed by atoms with Gasteiger partial charge in [-0.2, -0.15) is 0 Å². The second-order valence-electron chi connectivity index (χ2n) is 4.65. The Morgan fingerprint density at radius 2 is 2.00 bits per heavy atom. The van der Waals surface area contributed by atoms with E-state index < -0.39 is 0 Å². The van der Waals surface area contributed by atoms with Gasteiger partial charge in [-0.05, 0) is 36.9 Å². The zero-order valence-corrected chi connectivity index (χ0v) is 11.5. The minimum absolute atomic E-state index is 0.427. The third-order valence-electron chi connectivity index (χ3n) is 3.29. The lowest BCUT2D eigenvalue weighted by molar-refractivity contribution is 0.170. The third kappa shape index (κ3) is 4.14. The zero-order chi connectivity index (χ0) is 12.7. The van der Waals surface area contributed by atoms with E-state index in [1.54, 1.807) is 7.11 Å². The SMILES string of the molecule is CCNC(c1ccccc1C)C(C)CCOC. The molecule has 0 spiro atoms. The second kappa shape index (κ2) is 7.46. The second-order valence-corrected chi connectivity index (χ2v) is 4.65. The Bertz CT molecular complexity index is 324. The Morgan fingerprint density at radius 1 is 1.29 bits per heavy atom. The molecule has 0 aliphatic rings. The van der Waals surface area contributed by atoms with Crippen LogP contribution >= 0.6 is 0 Å². The molecule has 0 heterocycles. The van der Waals surface area contributed by atoms with Crippen molar-refractivity contribution in [1.29, 1.82) is 0 Å². The number of methoxy groups -OCH3 is 1. The molecule has 0 aromatic heterocycles. The number of aryl methyl sites for hydroxylation is 1. The van der Waals surface area contributed by atoms with E-state index in [-0.39, 0.29) is 0 Å². The molecule has 1 aromatic rings. The summed E-state index contributed by atoms with van der Waals surface area (Å²) in [5.41, 5.74) is 2.78. The number of ether oxygens (including phenoxy) is 1. The Balaban J connectivity index is 2.81. The van der Waals surface area contributed by atoms with Crippen LogP contribution in [-0.2, 0) is 4.74 Å². The van der Waals surface area contributed by atoms with Gasteiger partial charge in [0.15, 0.2) is 0 Å². The molecule has 2 nitrogen and oxygen atoms in total. The maximum Gasteiger partial charge on any atom is 0.0465 e. The van der Waals surface area contributed by atoms with Gasteiger partial charge in [-0.1, -0.05) is 38.1 Å². The first-order chi connectivity index (χ1) is 8.20. The Morgan fingerprint density at radius 3 is 2.59 bits per heavy atom. The Labute approximate surface area is 105 Å². The highest BCUT2D eigenvalue weighted by Crippen LogP contribution is 2.26. The summed E-state index contributed by atoms with van der Waals surface area (Å²) in [5, 5.41) is 3.59. The van der Waals surface area contributed by atoms with E-state index in [1.807, 2.05) is 0 Å². The van der Waals surface area contributed by atoms with E-state index in [1.165, 1.54) is 11.1 Å². The number of benzene rings is 1. The number of hydrogen-bond donors (Lipinski definition) is 1. The highest BCUT2D eigenvalue weighted by atomic mass is 16.5. The van der Waals surface area contributed by atoms with Crippen LogP contribution in [0.15, 0.2) is 24.3 Å². The molecule has 2 atom stereocenters.